The Morgan fingerprint density at radius 3 is 2.67 bits per heavy atom. The number of amides is 1. The summed E-state index contributed by atoms with van der Waals surface area (Å²) in [5, 5.41) is 12.0. The number of phenols is 1. The third-order valence-electron chi connectivity index (χ3n) is 3.29. The molecule has 0 aliphatic heterocycles. The summed E-state index contributed by atoms with van der Waals surface area (Å²) < 4.78 is 5.09. The van der Waals surface area contributed by atoms with Gasteiger partial charge in [0.1, 0.15) is 12.4 Å². The Morgan fingerprint density at radius 2 is 1.92 bits per heavy atom. The molecule has 2 N–H and O–H groups in total. The van der Waals surface area contributed by atoms with Crippen LogP contribution in [0, 0.1) is 0 Å². The number of ether oxygens (including phenoxy) is 1. The van der Waals surface area contributed by atoms with E-state index in [2.05, 4.69) is 5.32 Å². The predicted octanol–water partition coefficient (Wildman–Crippen LogP) is 3.53. The normalized spacial score (nSPS) is 10.5. The zero-order valence-corrected chi connectivity index (χ0v) is 13.1. The fourth-order valence-corrected chi connectivity index (χ4v) is 2.06. The third-order valence-corrected chi connectivity index (χ3v) is 3.29. The molecule has 0 bridgehead atoms. The van der Waals surface area contributed by atoms with E-state index in [4.69, 9.17) is 4.74 Å². The summed E-state index contributed by atoms with van der Waals surface area (Å²) in [5.74, 6) is 0.0529. The number of nitrogens with one attached hydrogen (secondary N) is 1. The quantitative estimate of drug-likeness (QED) is 0.603. The van der Waals surface area contributed by atoms with Gasteiger partial charge >= 0.3 is 6.09 Å². The molecule has 0 radical (unpaired) electrons. The van der Waals surface area contributed by atoms with Crippen molar-refractivity contribution in [2.24, 2.45) is 0 Å². The van der Waals surface area contributed by atoms with Gasteiger partial charge in [-0.3, -0.25) is 4.79 Å². The van der Waals surface area contributed by atoms with Crippen molar-refractivity contribution in [2.45, 2.75) is 13.0 Å². The lowest BCUT2D eigenvalue weighted by Gasteiger charge is -2.06. The van der Waals surface area contributed by atoms with Crippen LogP contribution in [0.3, 0.4) is 0 Å². The molecule has 0 saturated heterocycles. The molecular formula is C19H19NO4. The van der Waals surface area contributed by atoms with Crippen LogP contribution in [0.5, 0.6) is 5.75 Å². The highest BCUT2D eigenvalue weighted by atomic mass is 16.5. The zero-order valence-electron chi connectivity index (χ0n) is 13.1. The Hall–Kier alpha value is -3.08. The predicted molar refractivity (Wildman–Crippen MR) is 91.8 cm³/mol. The van der Waals surface area contributed by atoms with E-state index in [1.165, 1.54) is 12.1 Å². The highest BCUT2D eigenvalue weighted by Gasteiger charge is 2.01. The average Bonchev–Trinajstić information content (AvgIpc) is 2.61. The summed E-state index contributed by atoms with van der Waals surface area (Å²) in [6.07, 6.45) is 4.44. The van der Waals surface area contributed by atoms with E-state index >= 15 is 0 Å². The molecule has 2 rings (SSSR count). The van der Waals surface area contributed by atoms with Gasteiger partial charge in [0.05, 0.1) is 0 Å². The molecule has 2 aromatic carbocycles. The number of alkyl carbamates (subject to hydrolysis) is 1. The first kappa shape index (κ1) is 17.3. The first-order chi connectivity index (χ1) is 11.7. The lowest BCUT2D eigenvalue weighted by Crippen LogP contribution is -2.24. The largest absolute Gasteiger partial charge is 0.508 e. The minimum absolute atomic E-state index is 0.0529. The van der Waals surface area contributed by atoms with E-state index in [-0.39, 0.29) is 12.4 Å². The maximum atomic E-state index is 11.6. The molecule has 0 saturated carbocycles. The number of aromatic hydroxyl groups is 1. The van der Waals surface area contributed by atoms with Crippen molar-refractivity contribution in [3.05, 3.63) is 71.3 Å². The number of phenolic OH excluding ortho intramolecular Hbond substituents is 1. The lowest BCUT2D eigenvalue weighted by atomic mass is 10.1. The van der Waals surface area contributed by atoms with E-state index in [9.17, 15) is 14.7 Å². The van der Waals surface area contributed by atoms with Crippen molar-refractivity contribution in [2.75, 3.05) is 6.54 Å². The van der Waals surface area contributed by atoms with Crippen molar-refractivity contribution in [1.29, 1.82) is 0 Å². The van der Waals surface area contributed by atoms with Gasteiger partial charge in [-0.15, -0.1) is 0 Å². The Labute approximate surface area is 140 Å². The van der Waals surface area contributed by atoms with Crippen LogP contribution in [0.25, 0.3) is 6.08 Å². The molecule has 0 atom stereocenters. The number of hydrogen-bond acceptors (Lipinski definition) is 4. The van der Waals surface area contributed by atoms with E-state index in [0.29, 0.717) is 24.8 Å². The van der Waals surface area contributed by atoms with Crippen molar-refractivity contribution in [3.8, 4) is 5.75 Å². The number of carbonyl (C=O) groups excluding carboxylic acids is 2. The van der Waals surface area contributed by atoms with E-state index in [1.54, 1.807) is 12.1 Å². The number of rotatable bonds is 7. The summed E-state index contributed by atoms with van der Waals surface area (Å²) in [4.78, 5) is 22.5. The molecule has 24 heavy (non-hydrogen) atoms. The number of aldehydes is 1. The fraction of sp³-hybridized carbons (Fsp3) is 0.158. The molecule has 0 fully saturated rings. The van der Waals surface area contributed by atoms with Gasteiger partial charge in [-0.25, -0.2) is 4.79 Å². The molecule has 0 heterocycles. The van der Waals surface area contributed by atoms with E-state index < -0.39 is 6.09 Å². The van der Waals surface area contributed by atoms with Gasteiger partial charge in [-0.2, -0.15) is 0 Å². The first-order valence-corrected chi connectivity index (χ1v) is 7.58. The van der Waals surface area contributed by atoms with Gasteiger partial charge in [0.2, 0.25) is 0 Å². The minimum atomic E-state index is -0.467. The number of carbonyl (C=O) groups is 2. The van der Waals surface area contributed by atoms with Crippen molar-refractivity contribution in [1.82, 2.24) is 5.32 Å². The molecule has 0 aliphatic rings. The monoisotopic (exact) mass is 325 g/mol. The smallest absolute Gasteiger partial charge is 0.407 e. The molecule has 2 aromatic rings. The lowest BCUT2D eigenvalue weighted by molar-refractivity contribution is 0.112. The maximum absolute atomic E-state index is 11.6. The van der Waals surface area contributed by atoms with Crippen LogP contribution in [0.2, 0.25) is 0 Å². The molecule has 1 amide bonds. The van der Waals surface area contributed by atoms with Crippen LogP contribution in [0.15, 0.2) is 54.6 Å². The van der Waals surface area contributed by atoms with Crippen LogP contribution in [0.1, 0.15) is 27.9 Å². The minimum Gasteiger partial charge on any atom is -0.508 e. The summed E-state index contributed by atoms with van der Waals surface area (Å²) in [6, 6.07) is 14.0. The molecule has 0 aliphatic carbocycles. The molecule has 5 heteroatoms. The van der Waals surface area contributed by atoms with Crippen LogP contribution < -0.4 is 5.32 Å². The summed E-state index contributed by atoms with van der Waals surface area (Å²) >= 11 is 0. The summed E-state index contributed by atoms with van der Waals surface area (Å²) in [5.41, 5.74) is 2.07. The fourth-order valence-electron chi connectivity index (χ4n) is 2.06. The van der Waals surface area contributed by atoms with Crippen molar-refractivity contribution >= 4 is 18.5 Å². The van der Waals surface area contributed by atoms with Gasteiger partial charge in [0, 0.05) is 12.1 Å². The van der Waals surface area contributed by atoms with Gasteiger partial charge in [-0.1, -0.05) is 48.6 Å². The molecule has 0 spiro atoms. The topological polar surface area (TPSA) is 75.6 Å². The highest BCUT2D eigenvalue weighted by molar-refractivity contribution is 5.82. The van der Waals surface area contributed by atoms with E-state index in [1.807, 2.05) is 36.4 Å². The Bertz CT molecular complexity index is 711. The van der Waals surface area contributed by atoms with E-state index in [0.717, 1.165) is 11.1 Å². The van der Waals surface area contributed by atoms with Gasteiger partial charge in [-0.05, 0) is 29.7 Å². The van der Waals surface area contributed by atoms with Crippen LogP contribution in [-0.2, 0) is 11.3 Å². The third kappa shape index (κ3) is 5.61. The Morgan fingerprint density at radius 1 is 1.12 bits per heavy atom. The molecule has 0 unspecified atom stereocenters. The van der Waals surface area contributed by atoms with Crippen molar-refractivity contribution < 1.29 is 19.4 Å². The standard InChI is InChI=1S/C19H19NO4/c21-13-17-12-18(22)10-9-16(17)8-4-5-11-20-19(23)24-14-15-6-2-1-3-7-15/h1-4,6-10,12-13,22H,5,11,14H2,(H,20,23). The zero-order chi connectivity index (χ0) is 17.2. The second kappa shape index (κ2) is 9.15. The van der Waals surface area contributed by atoms with Crippen molar-refractivity contribution in [3.63, 3.8) is 0 Å². The van der Waals surface area contributed by atoms with Gasteiger partial charge in [0.25, 0.3) is 0 Å². The average molecular weight is 325 g/mol. The van der Waals surface area contributed by atoms with Crippen LogP contribution >= 0.6 is 0 Å². The van der Waals surface area contributed by atoms with Gasteiger partial charge in [0.15, 0.2) is 6.29 Å². The molecule has 0 aromatic heterocycles. The maximum Gasteiger partial charge on any atom is 0.407 e. The number of benzene rings is 2. The second-order valence-electron chi connectivity index (χ2n) is 5.11. The molecule has 5 nitrogen and oxygen atoms in total. The first-order valence-electron chi connectivity index (χ1n) is 7.58. The Balaban J connectivity index is 1.70. The van der Waals surface area contributed by atoms with Gasteiger partial charge < -0.3 is 15.2 Å². The van der Waals surface area contributed by atoms with Crippen LogP contribution in [0.4, 0.5) is 4.79 Å². The summed E-state index contributed by atoms with van der Waals surface area (Å²) in [7, 11) is 0. The molecular weight excluding hydrogens is 306 g/mol. The number of hydrogen-bond donors (Lipinski definition) is 2. The Kier molecular flexibility index (Phi) is 6.58. The SMILES string of the molecule is O=Cc1cc(O)ccc1C=CCCNC(=O)OCc1ccccc1. The second-order valence-corrected chi connectivity index (χ2v) is 5.11. The summed E-state index contributed by atoms with van der Waals surface area (Å²) in [6.45, 7) is 0.664. The highest BCUT2D eigenvalue weighted by Crippen LogP contribution is 2.16. The molecule has 124 valence electrons. The van der Waals surface area contributed by atoms with Crippen LogP contribution in [-0.4, -0.2) is 24.0 Å².